The van der Waals surface area contributed by atoms with Gasteiger partial charge in [-0.15, -0.1) is 24.0 Å². The second-order valence-corrected chi connectivity index (χ2v) is 10.4. The van der Waals surface area contributed by atoms with E-state index in [1.165, 1.54) is 31.2 Å². The lowest BCUT2D eigenvalue weighted by Crippen LogP contribution is -2.49. The molecule has 0 radical (unpaired) electrons. The van der Waals surface area contributed by atoms with Gasteiger partial charge in [-0.1, -0.05) is 44.4 Å². The number of nitrogens with zero attached hydrogens (tertiary/aromatic N) is 1. The van der Waals surface area contributed by atoms with Crippen LogP contribution in [0.2, 0.25) is 0 Å². The van der Waals surface area contributed by atoms with E-state index in [1.807, 2.05) is 20.0 Å². The summed E-state index contributed by atoms with van der Waals surface area (Å²) in [5.74, 6) is 2.60. The predicted octanol–water partition coefficient (Wildman–Crippen LogP) is 4.37. The third-order valence-corrected chi connectivity index (χ3v) is 8.42. The van der Waals surface area contributed by atoms with Gasteiger partial charge in [-0.2, -0.15) is 0 Å². The van der Waals surface area contributed by atoms with Gasteiger partial charge in [0.15, 0.2) is 5.96 Å². The highest BCUT2D eigenvalue weighted by atomic mass is 127. The molecule has 0 heterocycles. The normalized spacial score (nSPS) is 24.6. The van der Waals surface area contributed by atoms with Crippen LogP contribution in [0.1, 0.15) is 63.9 Å². The fourth-order valence-electron chi connectivity index (χ4n) is 5.07. The number of guanidine groups is 1. The van der Waals surface area contributed by atoms with Crippen molar-refractivity contribution in [2.24, 2.45) is 4.99 Å². The molecule has 30 heavy (non-hydrogen) atoms. The number of hydrogen-bond acceptors (Lipinski definition) is 3. The number of ether oxygens (including phenoxy) is 1. The van der Waals surface area contributed by atoms with E-state index in [2.05, 4.69) is 33.8 Å². The van der Waals surface area contributed by atoms with E-state index in [9.17, 15) is 4.21 Å². The Morgan fingerprint density at radius 3 is 2.63 bits per heavy atom. The number of para-hydroxylation sites is 1. The van der Waals surface area contributed by atoms with Crippen LogP contribution in [-0.2, 0) is 16.2 Å². The number of rotatable bonds is 7. The molecule has 2 fully saturated rings. The molecule has 1 aromatic rings. The number of halogens is 1. The van der Waals surface area contributed by atoms with E-state index in [-0.39, 0.29) is 29.4 Å². The molecular formula is C23H38IN3O2S. The molecule has 2 saturated carbocycles. The van der Waals surface area contributed by atoms with Crippen molar-refractivity contribution in [2.45, 2.75) is 75.0 Å². The van der Waals surface area contributed by atoms with Crippen molar-refractivity contribution in [3.63, 3.8) is 0 Å². The molecule has 2 aliphatic carbocycles. The quantitative estimate of drug-likeness (QED) is 0.303. The van der Waals surface area contributed by atoms with Gasteiger partial charge in [-0.3, -0.25) is 9.20 Å². The Kier molecular flexibility index (Phi) is 10.4. The molecule has 3 atom stereocenters. The SMILES string of the molecule is CCS(=O)C1CCCC(NC(=NC)NCC2(c3ccccc3OC)CCCC2)C1.I. The summed E-state index contributed by atoms with van der Waals surface area (Å²) in [5, 5.41) is 7.54. The average molecular weight is 548 g/mol. The molecule has 1 aromatic carbocycles. The summed E-state index contributed by atoms with van der Waals surface area (Å²) in [6.45, 7) is 2.87. The number of methoxy groups -OCH3 is 1. The molecule has 170 valence electrons. The summed E-state index contributed by atoms with van der Waals surface area (Å²) in [6, 6.07) is 8.78. The van der Waals surface area contributed by atoms with Gasteiger partial charge in [0.25, 0.3) is 0 Å². The predicted molar refractivity (Wildman–Crippen MR) is 138 cm³/mol. The fourth-order valence-corrected chi connectivity index (χ4v) is 6.42. The summed E-state index contributed by atoms with van der Waals surface area (Å²) in [4.78, 5) is 4.49. The Morgan fingerprint density at radius 2 is 1.97 bits per heavy atom. The van der Waals surface area contributed by atoms with Gasteiger partial charge >= 0.3 is 0 Å². The molecule has 0 aliphatic heterocycles. The zero-order valence-corrected chi connectivity index (χ0v) is 21.8. The topological polar surface area (TPSA) is 62.7 Å². The molecule has 0 spiro atoms. The maximum absolute atomic E-state index is 12.3. The minimum atomic E-state index is -0.706. The fraction of sp³-hybridized carbons (Fsp3) is 0.696. The van der Waals surface area contributed by atoms with Crippen LogP contribution in [0.15, 0.2) is 29.3 Å². The largest absolute Gasteiger partial charge is 0.496 e. The van der Waals surface area contributed by atoms with Crippen molar-refractivity contribution in [1.29, 1.82) is 0 Å². The number of aliphatic imine (C=N–C) groups is 1. The Morgan fingerprint density at radius 1 is 1.23 bits per heavy atom. The van der Waals surface area contributed by atoms with Crippen LogP contribution in [0.3, 0.4) is 0 Å². The Bertz CT molecular complexity index is 722. The highest BCUT2D eigenvalue weighted by molar-refractivity contribution is 14.0. The summed E-state index contributed by atoms with van der Waals surface area (Å²) in [6.07, 6.45) is 9.14. The molecule has 3 unspecified atom stereocenters. The van der Waals surface area contributed by atoms with Crippen molar-refractivity contribution in [2.75, 3.05) is 26.5 Å². The minimum absolute atomic E-state index is 0. The minimum Gasteiger partial charge on any atom is -0.496 e. The number of nitrogens with one attached hydrogen (secondary N) is 2. The third kappa shape index (κ3) is 6.11. The Hall–Kier alpha value is -0.830. The summed E-state index contributed by atoms with van der Waals surface area (Å²) in [7, 11) is 2.89. The van der Waals surface area contributed by atoms with Gasteiger partial charge in [-0.05, 0) is 38.2 Å². The van der Waals surface area contributed by atoms with Crippen LogP contribution in [-0.4, -0.2) is 47.9 Å². The van der Waals surface area contributed by atoms with E-state index < -0.39 is 10.8 Å². The van der Waals surface area contributed by atoms with Gasteiger partial charge in [0.05, 0.1) is 7.11 Å². The molecule has 7 heteroatoms. The van der Waals surface area contributed by atoms with E-state index in [1.54, 1.807) is 7.11 Å². The summed E-state index contributed by atoms with van der Waals surface area (Å²) in [5.41, 5.74) is 1.39. The van der Waals surface area contributed by atoms with Crippen LogP contribution in [0.25, 0.3) is 0 Å². The lowest BCUT2D eigenvalue weighted by atomic mass is 9.78. The van der Waals surface area contributed by atoms with Gasteiger partial charge in [0.2, 0.25) is 0 Å². The Labute approximate surface area is 201 Å². The molecule has 0 amide bonds. The monoisotopic (exact) mass is 547 g/mol. The van der Waals surface area contributed by atoms with Crippen LogP contribution < -0.4 is 15.4 Å². The second-order valence-electron chi connectivity index (χ2n) is 8.41. The van der Waals surface area contributed by atoms with Gasteiger partial charge in [0.1, 0.15) is 5.75 Å². The number of benzene rings is 1. The Balaban J connectivity index is 0.00000320. The van der Waals surface area contributed by atoms with Gasteiger partial charge in [0, 0.05) is 52.4 Å². The molecular weight excluding hydrogens is 509 g/mol. The molecule has 0 aromatic heterocycles. The van der Waals surface area contributed by atoms with Crippen molar-refractivity contribution in [3.8, 4) is 5.75 Å². The molecule has 2 N–H and O–H groups in total. The zero-order valence-electron chi connectivity index (χ0n) is 18.6. The molecule has 0 saturated heterocycles. The highest BCUT2D eigenvalue weighted by Gasteiger charge is 2.38. The van der Waals surface area contributed by atoms with Gasteiger partial charge in [-0.25, -0.2) is 0 Å². The first-order valence-electron chi connectivity index (χ1n) is 11.1. The van der Waals surface area contributed by atoms with Crippen molar-refractivity contribution in [3.05, 3.63) is 29.8 Å². The van der Waals surface area contributed by atoms with Crippen LogP contribution in [0.5, 0.6) is 5.75 Å². The standard InChI is InChI=1S/C23H37N3O2S.HI/c1-4-29(27)19-11-9-10-18(16-19)26-22(24-2)25-17-23(14-7-8-15-23)20-12-5-6-13-21(20)28-3;/h5-6,12-13,18-19H,4,7-11,14-17H2,1-3H3,(H2,24,25,26);1H. The molecule has 2 aliphatic rings. The van der Waals surface area contributed by atoms with Crippen molar-refractivity contribution < 1.29 is 8.95 Å². The summed E-state index contributed by atoms with van der Waals surface area (Å²) >= 11 is 0. The lowest BCUT2D eigenvalue weighted by molar-refractivity contribution is 0.369. The maximum Gasteiger partial charge on any atom is 0.191 e. The third-order valence-electron chi connectivity index (χ3n) is 6.68. The van der Waals surface area contributed by atoms with Crippen LogP contribution in [0, 0.1) is 0 Å². The van der Waals surface area contributed by atoms with E-state index in [0.29, 0.717) is 11.3 Å². The van der Waals surface area contributed by atoms with E-state index in [0.717, 1.165) is 49.7 Å². The molecule has 3 rings (SSSR count). The molecule has 5 nitrogen and oxygen atoms in total. The van der Waals surface area contributed by atoms with Crippen molar-refractivity contribution in [1.82, 2.24) is 10.6 Å². The summed E-state index contributed by atoms with van der Waals surface area (Å²) < 4.78 is 17.9. The highest BCUT2D eigenvalue weighted by Crippen LogP contribution is 2.44. The first-order valence-corrected chi connectivity index (χ1v) is 12.5. The maximum atomic E-state index is 12.3. The smallest absolute Gasteiger partial charge is 0.191 e. The van der Waals surface area contributed by atoms with Crippen LogP contribution >= 0.6 is 24.0 Å². The molecule has 0 bridgehead atoms. The van der Waals surface area contributed by atoms with E-state index >= 15 is 0 Å². The van der Waals surface area contributed by atoms with E-state index in [4.69, 9.17) is 4.74 Å². The van der Waals surface area contributed by atoms with Crippen molar-refractivity contribution >= 4 is 40.7 Å². The second kappa shape index (κ2) is 12.3. The number of hydrogen-bond donors (Lipinski definition) is 2. The first kappa shape index (κ1) is 25.4. The first-order chi connectivity index (χ1) is 14.1. The zero-order chi connectivity index (χ0) is 20.7. The lowest BCUT2D eigenvalue weighted by Gasteiger charge is -2.34. The van der Waals surface area contributed by atoms with Crippen LogP contribution in [0.4, 0.5) is 0 Å². The average Bonchev–Trinajstić information content (AvgIpc) is 3.26. The van der Waals surface area contributed by atoms with Gasteiger partial charge < -0.3 is 15.4 Å².